The Kier molecular flexibility index (Phi) is 6.69. The molecule has 32 heavy (non-hydrogen) atoms. The summed E-state index contributed by atoms with van der Waals surface area (Å²) < 4.78 is 30.8. The zero-order valence-electron chi connectivity index (χ0n) is 17.2. The van der Waals surface area contributed by atoms with Crippen molar-refractivity contribution in [3.8, 4) is 0 Å². The van der Waals surface area contributed by atoms with E-state index in [9.17, 15) is 8.42 Å². The molecule has 4 aromatic rings. The fourth-order valence-electron chi connectivity index (χ4n) is 3.28. The molecule has 0 spiro atoms. The van der Waals surface area contributed by atoms with Crippen molar-refractivity contribution in [1.29, 1.82) is 0 Å². The molecule has 0 amide bonds. The highest BCUT2D eigenvalue weighted by molar-refractivity contribution is 7.90. The van der Waals surface area contributed by atoms with E-state index >= 15 is 0 Å². The molecule has 0 atom stereocenters. The van der Waals surface area contributed by atoms with Crippen LogP contribution in [-0.4, -0.2) is 14.3 Å². The molecule has 0 aliphatic rings. The Morgan fingerprint density at radius 3 is 1.84 bits per heavy atom. The lowest BCUT2D eigenvalue weighted by Gasteiger charge is -2.26. The third-order valence-electron chi connectivity index (χ3n) is 4.86. The van der Waals surface area contributed by atoms with E-state index in [0.717, 1.165) is 11.3 Å². The molecule has 0 saturated heterocycles. The largest absolute Gasteiger partial charge is 0.321 e. The van der Waals surface area contributed by atoms with E-state index < -0.39 is 10.0 Å². The second-order valence-corrected chi connectivity index (χ2v) is 9.16. The smallest absolute Gasteiger partial charge is 0.284 e. The first kappa shape index (κ1) is 21.8. The van der Waals surface area contributed by atoms with Crippen LogP contribution >= 0.6 is 11.6 Å². The first-order valence-corrected chi connectivity index (χ1v) is 11.9. The topological polar surface area (TPSA) is 49.7 Å². The van der Waals surface area contributed by atoms with E-state index in [4.69, 9.17) is 11.6 Å². The molecule has 6 heteroatoms. The molecule has 0 bridgehead atoms. The number of amidine groups is 1. The maximum absolute atomic E-state index is 13.3. The van der Waals surface area contributed by atoms with Crippen LogP contribution in [0.2, 0.25) is 5.02 Å². The Labute approximate surface area is 193 Å². The average molecular weight is 461 g/mol. The molecule has 0 aliphatic carbocycles. The van der Waals surface area contributed by atoms with Gasteiger partial charge in [-0.15, -0.1) is 4.40 Å². The van der Waals surface area contributed by atoms with Gasteiger partial charge in [-0.2, -0.15) is 8.42 Å². The lowest BCUT2D eigenvalue weighted by molar-refractivity contribution is 0.598. The third kappa shape index (κ3) is 5.25. The number of rotatable bonds is 6. The van der Waals surface area contributed by atoms with Crippen molar-refractivity contribution in [2.45, 2.75) is 11.4 Å². The lowest BCUT2D eigenvalue weighted by Crippen LogP contribution is -2.32. The first-order valence-electron chi connectivity index (χ1n) is 10.1. The van der Waals surface area contributed by atoms with Gasteiger partial charge in [-0.05, 0) is 42.0 Å². The summed E-state index contributed by atoms with van der Waals surface area (Å²) in [5, 5.41) is 0.464. The average Bonchev–Trinajstić information content (AvgIpc) is 2.83. The van der Waals surface area contributed by atoms with Gasteiger partial charge in [0.2, 0.25) is 0 Å². The van der Waals surface area contributed by atoms with Crippen LogP contribution in [0.25, 0.3) is 0 Å². The van der Waals surface area contributed by atoms with Crippen molar-refractivity contribution in [1.82, 2.24) is 0 Å². The van der Waals surface area contributed by atoms with Gasteiger partial charge in [-0.25, -0.2) is 0 Å². The van der Waals surface area contributed by atoms with Crippen molar-refractivity contribution in [3.63, 3.8) is 0 Å². The standard InChI is InChI=1S/C26H21ClN2O2S/c27-23-16-18-25(19-17-23)32(30,31)28-26(22-12-6-2-7-13-22)29(24-14-8-3-9-15-24)20-21-10-4-1-5-11-21/h1-19H,20H2/b28-26-. The predicted octanol–water partition coefficient (Wildman–Crippen LogP) is 6.18. The summed E-state index contributed by atoms with van der Waals surface area (Å²) in [6.45, 7) is 0.453. The minimum absolute atomic E-state index is 0.0862. The van der Waals surface area contributed by atoms with Crippen LogP contribution < -0.4 is 4.90 Å². The van der Waals surface area contributed by atoms with Crippen molar-refractivity contribution in [3.05, 3.63) is 131 Å². The molecule has 0 aliphatic heterocycles. The van der Waals surface area contributed by atoms with Crippen molar-refractivity contribution in [2.24, 2.45) is 4.40 Å². The molecule has 0 saturated carbocycles. The fourth-order valence-corrected chi connectivity index (χ4v) is 4.42. The van der Waals surface area contributed by atoms with Gasteiger partial charge in [0.25, 0.3) is 10.0 Å². The second-order valence-electron chi connectivity index (χ2n) is 7.12. The molecule has 0 radical (unpaired) electrons. The van der Waals surface area contributed by atoms with Crippen LogP contribution in [0.15, 0.2) is 125 Å². The Hall–Kier alpha value is -3.41. The molecule has 0 aromatic heterocycles. The van der Waals surface area contributed by atoms with Gasteiger partial charge < -0.3 is 4.90 Å². The van der Waals surface area contributed by atoms with Gasteiger partial charge >= 0.3 is 0 Å². The summed E-state index contributed by atoms with van der Waals surface area (Å²) in [4.78, 5) is 2.00. The number of halogens is 1. The summed E-state index contributed by atoms with van der Waals surface area (Å²) in [5.41, 5.74) is 2.57. The predicted molar refractivity (Wildman–Crippen MR) is 131 cm³/mol. The molecule has 4 rings (SSSR count). The lowest BCUT2D eigenvalue weighted by atomic mass is 10.1. The van der Waals surface area contributed by atoms with Gasteiger partial charge in [0.05, 0.1) is 4.90 Å². The highest BCUT2D eigenvalue weighted by atomic mass is 35.5. The van der Waals surface area contributed by atoms with E-state index in [-0.39, 0.29) is 4.90 Å². The van der Waals surface area contributed by atoms with Crippen LogP contribution in [0.3, 0.4) is 0 Å². The maximum atomic E-state index is 13.3. The van der Waals surface area contributed by atoms with Gasteiger partial charge in [-0.3, -0.25) is 0 Å². The number of anilines is 1. The van der Waals surface area contributed by atoms with Crippen molar-refractivity contribution in [2.75, 3.05) is 4.90 Å². The quantitative estimate of drug-likeness (QED) is 0.255. The number of nitrogens with zero attached hydrogens (tertiary/aromatic N) is 2. The molecule has 4 nitrogen and oxygen atoms in total. The van der Waals surface area contributed by atoms with Gasteiger partial charge in [-0.1, -0.05) is 90.5 Å². The molecule has 0 N–H and O–H groups in total. The number of sulfonamides is 1. The van der Waals surface area contributed by atoms with Crippen LogP contribution in [0.4, 0.5) is 5.69 Å². The summed E-state index contributed by atoms with van der Waals surface area (Å²) in [5.74, 6) is 0.343. The summed E-state index contributed by atoms with van der Waals surface area (Å²) in [7, 11) is -3.98. The minimum Gasteiger partial charge on any atom is -0.321 e. The summed E-state index contributed by atoms with van der Waals surface area (Å²) in [6, 6.07) is 34.9. The Morgan fingerprint density at radius 1 is 0.719 bits per heavy atom. The summed E-state index contributed by atoms with van der Waals surface area (Å²) >= 11 is 5.95. The van der Waals surface area contributed by atoms with Gasteiger partial charge in [0, 0.05) is 22.8 Å². The Bertz CT molecular complexity index is 1290. The highest BCUT2D eigenvalue weighted by Gasteiger charge is 2.21. The van der Waals surface area contributed by atoms with Crippen LogP contribution in [0.5, 0.6) is 0 Å². The molecule has 160 valence electrons. The number of hydrogen-bond acceptors (Lipinski definition) is 2. The molecule has 4 aromatic carbocycles. The van der Waals surface area contributed by atoms with Gasteiger partial charge in [0.1, 0.15) is 0 Å². The number of benzene rings is 4. The monoisotopic (exact) mass is 460 g/mol. The molecule has 0 fully saturated rings. The van der Waals surface area contributed by atoms with Crippen LogP contribution in [0, 0.1) is 0 Å². The van der Waals surface area contributed by atoms with E-state index in [1.54, 1.807) is 12.1 Å². The fraction of sp³-hybridized carbons (Fsp3) is 0.0385. The van der Waals surface area contributed by atoms with Gasteiger partial charge in [0.15, 0.2) is 5.84 Å². The SMILES string of the molecule is O=S(=O)(/N=C(/c1ccccc1)N(Cc1ccccc1)c1ccccc1)c1ccc(Cl)cc1. The molecular formula is C26H21ClN2O2S. The minimum atomic E-state index is -3.98. The number of para-hydroxylation sites is 1. The zero-order valence-corrected chi connectivity index (χ0v) is 18.7. The summed E-state index contributed by atoms with van der Waals surface area (Å²) in [6.07, 6.45) is 0. The third-order valence-corrected chi connectivity index (χ3v) is 6.39. The molecular weight excluding hydrogens is 440 g/mol. The van der Waals surface area contributed by atoms with E-state index in [2.05, 4.69) is 4.40 Å². The molecule has 0 unspecified atom stereocenters. The van der Waals surface area contributed by atoms with Crippen LogP contribution in [-0.2, 0) is 16.6 Å². The van der Waals surface area contributed by atoms with E-state index in [1.165, 1.54) is 12.1 Å². The Balaban J connectivity index is 1.88. The van der Waals surface area contributed by atoms with E-state index in [0.29, 0.717) is 23.0 Å². The highest BCUT2D eigenvalue weighted by Crippen LogP contribution is 2.24. The van der Waals surface area contributed by atoms with Crippen LogP contribution in [0.1, 0.15) is 11.1 Å². The second kappa shape index (κ2) is 9.81. The molecule has 0 heterocycles. The maximum Gasteiger partial charge on any atom is 0.284 e. The van der Waals surface area contributed by atoms with Crippen molar-refractivity contribution < 1.29 is 8.42 Å². The zero-order chi connectivity index (χ0) is 22.4. The first-order chi connectivity index (χ1) is 15.5. The Morgan fingerprint density at radius 2 is 1.25 bits per heavy atom. The van der Waals surface area contributed by atoms with E-state index in [1.807, 2.05) is 95.9 Å². The van der Waals surface area contributed by atoms with Crippen molar-refractivity contribution >= 4 is 33.1 Å². The number of hydrogen-bond donors (Lipinski definition) is 0. The normalized spacial score (nSPS) is 11.8.